The van der Waals surface area contributed by atoms with Crippen LogP contribution in [0.15, 0.2) is 36.7 Å². The first-order chi connectivity index (χ1) is 10.2. The van der Waals surface area contributed by atoms with Crippen LogP contribution in [0.3, 0.4) is 0 Å². The normalized spacial score (nSPS) is 12.6. The van der Waals surface area contributed by atoms with Gasteiger partial charge in [-0.1, -0.05) is 12.1 Å². The molecule has 0 unspecified atom stereocenters. The van der Waals surface area contributed by atoms with Crippen LogP contribution >= 0.6 is 0 Å². The fourth-order valence-corrected chi connectivity index (χ4v) is 2.35. The summed E-state index contributed by atoms with van der Waals surface area (Å²) in [7, 11) is 2.95. The molecule has 0 amide bonds. The van der Waals surface area contributed by atoms with E-state index in [9.17, 15) is 4.79 Å². The zero-order chi connectivity index (χ0) is 14.8. The fraction of sp³-hybridized carbons (Fsp3) is 0.188. The lowest BCUT2D eigenvalue weighted by atomic mass is 10.1. The van der Waals surface area contributed by atoms with Crippen molar-refractivity contribution in [2.45, 2.75) is 6.42 Å². The van der Waals surface area contributed by atoms with Gasteiger partial charge in [-0.2, -0.15) is 0 Å². The molecule has 0 spiro atoms. The van der Waals surface area contributed by atoms with Crippen LogP contribution in [0.5, 0.6) is 5.75 Å². The molecule has 5 nitrogen and oxygen atoms in total. The van der Waals surface area contributed by atoms with Gasteiger partial charge in [0.15, 0.2) is 0 Å². The van der Waals surface area contributed by atoms with E-state index >= 15 is 0 Å². The van der Waals surface area contributed by atoms with Crippen LogP contribution in [-0.4, -0.2) is 30.2 Å². The van der Waals surface area contributed by atoms with E-state index in [2.05, 4.69) is 16.0 Å². The Morgan fingerprint density at radius 3 is 2.86 bits per heavy atom. The summed E-state index contributed by atoms with van der Waals surface area (Å²) in [5, 5.41) is 0. The first kappa shape index (κ1) is 13.3. The monoisotopic (exact) mass is 282 g/mol. The Bertz CT molecular complexity index is 738. The molecule has 2 aromatic rings. The summed E-state index contributed by atoms with van der Waals surface area (Å²) >= 11 is 0. The topological polar surface area (TPSA) is 61.3 Å². The molecular weight excluding hydrogens is 268 g/mol. The molecule has 2 aromatic heterocycles. The molecule has 0 bridgehead atoms. The van der Waals surface area contributed by atoms with Crippen LogP contribution in [0, 0.1) is 0 Å². The average Bonchev–Trinajstić information content (AvgIpc) is 2.97. The van der Waals surface area contributed by atoms with E-state index in [1.165, 1.54) is 7.11 Å². The highest BCUT2D eigenvalue weighted by Gasteiger charge is 2.20. The lowest BCUT2D eigenvalue weighted by Gasteiger charge is -2.08. The van der Waals surface area contributed by atoms with Crippen LogP contribution in [0.25, 0.3) is 5.57 Å². The summed E-state index contributed by atoms with van der Waals surface area (Å²) < 4.78 is 9.92. The maximum atomic E-state index is 11.6. The van der Waals surface area contributed by atoms with Crippen LogP contribution in [0.2, 0.25) is 0 Å². The molecule has 1 aliphatic carbocycles. The second-order valence-electron chi connectivity index (χ2n) is 4.63. The summed E-state index contributed by atoms with van der Waals surface area (Å²) in [5.74, 6) is 0.249. The highest BCUT2D eigenvalue weighted by molar-refractivity contribution is 5.89. The van der Waals surface area contributed by atoms with E-state index in [0.29, 0.717) is 11.4 Å². The first-order valence-corrected chi connectivity index (χ1v) is 6.51. The molecule has 3 rings (SSSR count). The Morgan fingerprint density at radius 1 is 1.24 bits per heavy atom. The quantitative estimate of drug-likeness (QED) is 0.808. The number of allylic oxidation sites excluding steroid dienone is 1. The van der Waals surface area contributed by atoms with Gasteiger partial charge in [-0.05, 0) is 24.1 Å². The number of esters is 1. The SMILES string of the molecule is COC(=O)c1ccc2c(n1)C(c1cncc(OC)c1)=CC2. The number of methoxy groups -OCH3 is 2. The van der Waals surface area contributed by atoms with E-state index in [0.717, 1.165) is 28.8 Å². The summed E-state index contributed by atoms with van der Waals surface area (Å²) in [6.07, 6.45) is 6.28. The molecule has 0 aliphatic heterocycles. The standard InChI is InChI=1S/C16H14N2O3/c1-20-12-7-11(8-17-9-12)13-5-3-10-4-6-14(16(19)21-2)18-15(10)13/h4-9H,3H2,1-2H3. The number of pyridine rings is 2. The molecule has 0 radical (unpaired) electrons. The molecule has 0 N–H and O–H groups in total. The van der Waals surface area contributed by atoms with Crippen molar-refractivity contribution in [2.75, 3.05) is 14.2 Å². The maximum absolute atomic E-state index is 11.6. The van der Waals surface area contributed by atoms with E-state index in [1.54, 1.807) is 25.6 Å². The third-order valence-corrected chi connectivity index (χ3v) is 3.41. The van der Waals surface area contributed by atoms with Gasteiger partial charge in [0.05, 0.1) is 26.1 Å². The largest absolute Gasteiger partial charge is 0.495 e. The fourth-order valence-electron chi connectivity index (χ4n) is 2.35. The number of hydrogen-bond acceptors (Lipinski definition) is 5. The molecule has 0 fully saturated rings. The zero-order valence-corrected chi connectivity index (χ0v) is 11.8. The molecule has 106 valence electrons. The van der Waals surface area contributed by atoms with E-state index in [1.807, 2.05) is 12.1 Å². The maximum Gasteiger partial charge on any atom is 0.356 e. The van der Waals surface area contributed by atoms with Gasteiger partial charge in [-0.3, -0.25) is 4.98 Å². The third kappa shape index (κ3) is 2.38. The van der Waals surface area contributed by atoms with Crippen molar-refractivity contribution in [1.29, 1.82) is 0 Å². The molecule has 0 atom stereocenters. The molecule has 2 heterocycles. The number of carbonyl (C=O) groups is 1. The molecule has 0 saturated heterocycles. The minimum atomic E-state index is -0.437. The van der Waals surface area contributed by atoms with Crippen molar-refractivity contribution in [3.63, 3.8) is 0 Å². The van der Waals surface area contributed by atoms with Gasteiger partial charge in [0.1, 0.15) is 11.4 Å². The lowest BCUT2D eigenvalue weighted by molar-refractivity contribution is 0.0594. The summed E-state index contributed by atoms with van der Waals surface area (Å²) in [5.41, 5.74) is 4.07. The zero-order valence-electron chi connectivity index (χ0n) is 11.8. The van der Waals surface area contributed by atoms with Gasteiger partial charge in [-0.25, -0.2) is 9.78 Å². The van der Waals surface area contributed by atoms with Crippen LogP contribution in [-0.2, 0) is 11.2 Å². The second-order valence-corrected chi connectivity index (χ2v) is 4.63. The number of hydrogen-bond donors (Lipinski definition) is 0. The molecule has 0 aromatic carbocycles. The average molecular weight is 282 g/mol. The highest BCUT2D eigenvalue weighted by Crippen LogP contribution is 2.32. The number of nitrogens with zero attached hydrogens (tertiary/aromatic N) is 2. The van der Waals surface area contributed by atoms with Crippen molar-refractivity contribution < 1.29 is 14.3 Å². The number of ether oxygens (including phenoxy) is 2. The second kappa shape index (κ2) is 5.36. The Balaban J connectivity index is 2.03. The van der Waals surface area contributed by atoms with E-state index in [4.69, 9.17) is 9.47 Å². The molecule has 0 saturated carbocycles. The van der Waals surface area contributed by atoms with Gasteiger partial charge >= 0.3 is 5.97 Å². The Labute approximate surface area is 122 Å². The van der Waals surface area contributed by atoms with Gasteiger partial charge in [-0.15, -0.1) is 0 Å². The molecule has 1 aliphatic rings. The molecule has 5 heteroatoms. The number of aromatic nitrogens is 2. The Morgan fingerprint density at radius 2 is 2.10 bits per heavy atom. The smallest absolute Gasteiger partial charge is 0.356 e. The van der Waals surface area contributed by atoms with Gasteiger partial charge in [0.2, 0.25) is 0 Å². The molecule has 21 heavy (non-hydrogen) atoms. The minimum Gasteiger partial charge on any atom is -0.495 e. The Kier molecular flexibility index (Phi) is 3.39. The summed E-state index contributed by atoms with van der Waals surface area (Å²) in [6, 6.07) is 5.50. The molecular formula is C16H14N2O3. The highest BCUT2D eigenvalue weighted by atomic mass is 16.5. The van der Waals surface area contributed by atoms with Gasteiger partial charge < -0.3 is 9.47 Å². The van der Waals surface area contributed by atoms with Crippen molar-refractivity contribution >= 4 is 11.5 Å². The third-order valence-electron chi connectivity index (χ3n) is 3.41. The van der Waals surface area contributed by atoms with Crippen molar-refractivity contribution in [2.24, 2.45) is 0 Å². The van der Waals surface area contributed by atoms with Crippen LogP contribution in [0.1, 0.15) is 27.3 Å². The predicted molar refractivity (Wildman–Crippen MR) is 77.1 cm³/mol. The number of fused-ring (bicyclic) bond motifs is 1. The minimum absolute atomic E-state index is 0.305. The predicted octanol–water partition coefficient (Wildman–Crippen LogP) is 2.26. The van der Waals surface area contributed by atoms with Crippen molar-refractivity contribution in [3.05, 3.63) is 59.2 Å². The summed E-state index contributed by atoms with van der Waals surface area (Å²) in [6.45, 7) is 0. The van der Waals surface area contributed by atoms with Crippen LogP contribution in [0.4, 0.5) is 0 Å². The van der Waals surface area contributed by atoms with E-state index < -0.39 is 5.97 Å². The van der Waals surface area contributed by atoms with Crippen molar-refractivity contribution in [3.8, 4) is 5.75 Å². The van der Waals surface area contributed by atoms with Crippen molar-refractivity contribution in [1.82, 2.24) is 9.97 Å². The number of carbonyl (C=O) groups excluding carboxylic acids is 1. The lowest BCUT2D eigenvalue weighted by Crippen LogP contribution is -2.06. The van der Waals surface area contributed by atoms with Crippen LogP contribution < -0.4 is 4.74 Å². The number of rotatable bonds is 3. The van der Waals surface area contributed by atoms with Gasteiger partial charge in [0, 0.05) is 17.3 Å². The Hall–Kier alpha value is -2.69. The summed E-state index contributed by atoms with van der Waals surface area (Å²) in [4.78, 5) is 20.2. The van der Waals surface area contributed by atoms with Gasteiger partial charge in [0.25, 0.3) is 0 Å². The van der Waals surface area contributed by atoms with E-state index in [-0.39, 0.29) is 0 Å². The first-order valence-electron chi connectivity index (χ1n) is 6.51.